The molecule has 3 N–H and O–H groups in total. The van der Waals surface area contributed by atoms with Crippen LogP contribution < -0.4 is 10.2 Å². The van der Waals surface area contributed by atoms with Gasteiger partial charge in [-0.1, -0.05) is 19.9 Å². The maximum atomic E-state index is 13.4. The van der Waals surface area contributed by atoms with Crippen molar-refractivity contribution in [2.24, 2.45) is 0 Å². The zero-order valence-corrected chi connectivity index (χ0v) is 20.3. The Hall–Kier alpha value is -4.14. The number of aromatic nitrogens is 1. The SMILES string of the molecule is CN(C(=O)NC1CC1)c1ccc2c3c([nH]c2c1)C(C(=O)O)=CN(C(=O)c1ccc(F)cc1)CC3(C)C. The van der Waals surface area contributed by atoms with Gasteiger partial charge in [0.15, 0.2) is 0 Å². The molecule has 5 rings (SSSR count). The van der Waals surface area contributed by atoms with E-state index in [0.717, 1.165) is 23.8 Å². The first-order valence-electron chi connectivity index (χ1n) is 11.8. The Morgan fingerprint density at radius 1 is 1.14 bits per heavy atom. The lowest BCUT2D eigenvalue weighted by Gasteiger charge is -2.29. The van der Waals surface area contributed by atoms with Gasteiger partial charge in [0.2, 0.25) is 0 Å². The summed E-state index contributed by atoms with van der Waals surface area (Å²) >= 11 is 0. The van der Waals surface area contributed by atoms with Gasteiger partial charge in [-0.25, -0.2) is 14.0 Å². The van der Waals surface area contributed by atoms with Gasteiger partial charge in [0, 0.05) is 53.4 Å². The van der Waals surface area contributed by atoms with Gasteiger partial charge in [-0.05, 0) is 54.8 Å². The summed E-state index contributed by atoms with van der Waals surface area (Å²) in [7, 11) is 1.69. The van der Waals surface area contributed by atoms with Gasteiger partial charge in [-0.15, -0.1) is 0 Å². The number of anilines is 1. The molecule has 1 aliphatic carbocycles. The molecule has 36 heavy (non-hydrogen) atoms. The third-order valence-electron chi connectivity index (χ3n) is 6.76. The van der Waals surface area contributed by atoms with Gasteiger partial charge >= 0.3 is 12.0 Å². The molecule has 0 spiro atoms. The minimum absolute atomic E-state index is 0.0522. The van der Waals surface area contributed by atoms with E-state index < -0.39 is 23.1 Å². The van der Waals surface area contributed by atoms with Crippen molar-refractivity contribution in [2.75, 3.05) is 18.5 Å². The Labute approximate surface area is 207 Å². The largest absolute Gasteiger partial charge is 0.478 e. The molecule has 2 aromatic carbocycles. The van der Waals surface area contributed by atoms with Gasteiger partial charge in [0.05, 0.1) is 11.3 Å². The van der Waals surface area contributed by atoms with Gasteiger partial charge in [0.25, 0.3) is 5.91 Å². The number of aromatic amines is 1. The summed E-state index contributed by atoms with van der Waals surface area (Å²) in [4.78, 5) is 44.2. The van der Waals surface area contributed by atoms with Crippen molar-refractivity contribution in [2.45, 2.75) is 38.1 Å². The summed E-state index contributed by atoms with van der Waals surface area (Å²) in [6.07, 6.45) is 3.32. The molecular formula is C27H27FN4O4. The number of nitrogens with zero attached hydrogens (tertiary/aromatic N) is 2. The molecule has 8 nitrogen and oxygen atoms in total. The molecule has 2 heterocycles. The maximum Gasteiger partial charge on any atom is 0.339 e. The highest BCUT2D eigenvalue weighted by atomic mass is 19.1. The smallest absolute Gasteiger partial charge is 0.339 e. The number of amides is 3. The summed E-state index contributed by atoms with van der Waals surface area (Å²) in [5.41, 5.74) is 2.14. The Kier molecular flexibility index (Phi) is 5.58. The highest BCUT2D eigenvalue weighted by Gasteiger charge is 2.37. The van der Waals surface area contributed by atoms with E-state index in [1.165, 1.54) is 40.3 Å². The van der Waals surface area contributed by atoms with Gasteiger partial charge in [-0.3, -0.25) is 9.69 Å². The lowest BCUT2D eigenvalue weighted by Crippen LogP contribution is -2.38. The molecule has 186 valence electrons. The molecule has 1 aliphatic heterocycles. The van der Waals surface area contributed by atoms with Crippen LogP contribution in [0, 0.1) is 5.82 Å². The van der Waals surface area contributed by atoms with Gasteiger partial charge < -0.3 is 20.3 Å². The minimum atomic E-state index is -1.18. The second-order valence-corrected chi connectivity index (χ2v) is 10.1. The number of nitrogens with one attached hydrogen (secondary N) is 2. The third kappa shape index (κ3) is 4.21. The van der Waals surface area contributed by atoms with Crippen molar-refractivity contribution < 1.29 is 23.9 Å². The molecule has 3 amide bonds. The summed E-state index contributed by atoms with van der Waals surface area (Å²) in [5.74, 6) is -2.05. The zero-order valence-electron chi connectivity index (χ0n) is 20.3. The first kappa shape index (κ1) is 23.6. The number of urea groups is 1. The number of carboxylic acids is 1. The van der Waals surface area contributed by atoms with E-state index in [9.17, 15) is 23.9 Å². The van der Waals surface area contributed by atoms with Crippen molar-refractivity contribution >= 4 is 40.1 Å². The molecule has 2 aliphatic rings. The summed E-state index contributed by atoms with van der Waals surface area (Å²) in [6, 6.07) is 10.7. The first-order chi connectivity index (χ1) is 17.0. The quantitative estimate of drug-likeness (QED) is 0.502. The Bertz CT molecular complexity index is 1420. The van der Waals surface area contributed by atoms with Crippen molar-refractivity contribution in [1.29, 1.82) is 0 Å². The van der Waals surface area contributed by atoms with Crippen LogP contribution in [-0.4, -0.2) is 52.5 Å². The molecule has 1 aromatic heterocycles. The predicted octanol–water partition coefficient (Wildman–Crippen LogP) is 4.47. The van der Waals surface area contributed by atoms with Crippen molar-refractivity contribution in [1.82, 2.24) is 15.2 Å². The third-order valence-corrected chi connectivity index (χ3v) is 6.76. The monoisotopic (exact) mass is 490 g/mol. The number of carbonyl (C=O) groups excluding carboxylic acids is 2. The number of carboxylic acid groups (broad SMARTS) is 1. The van der Waals surface area contributed by atoms with Crippen molar-refractivity contribution in [3.8, 4) is 0 Å². The molecule has 1 fully saturated rings. The first-order valence-corrected chi connectivity index (χ1v) is 11.8. The minimum Gasteiger partial charge on any atom is -0.478 e. The van der Waals surface area contributed by atoms with Crippen LogP contribution in [0.15, 0.2) is 48.7 Å². The maximum absolute atomic E-state index is 13.4. The lowest BCUT2D eigenvalue weighted by molar-refractivity contribution is -0.130. The summed E-state index contributed by atoms with van der Waals surface area (Å²) < 4.78 is 13.4. The van der Waals surface area contributed by atoms with Crippen LogP contribution in [0.25, 0.3) is 16.5 Å². The van der Waals surface area contributed by atoms with Crippen molar-refractivity contribution in [3.05, 3.63) is 71.3 Å². The fraction of sp³-hybridized carbons (Fsp3) is 0.296. The standard InChI is InChI=1S/C27H27FN4O4/c1-27(2)14-32(24(33)15-4-6-16(28)7-5-15)13-20(25(34)35)23-22(27)19-11-10-18(12-21(19)30-23)31(3)26(36)29-17-8-9-17/h4-7,10-13,17,30H,8-9,14H2,1-3H3,(H,29,36)(H,34,35). The molecular weight excluding hydrogens is 463 g/mol. The molecule has 0 unspecified atom stereocenters. The van der Waals surface area contributed by atoms with Crippen LogP contribution in [-0.2, 0) is 10.2 Å². The molecule has 3 aromatic rings. The number of hydrogen-bond donors (Lipinski definition) is 3. The van der Waals surface area contributed by atoms with E-state index >= 15 is 0 Å². The second kappa shape index (κ2) is 8.51. The number of carbonyl (C=O) groups is 3. The van der Waals surface area contributed by atoms with E-state index in [0.29, 0.717) is 16.9 Å². The average Bonchev–Trinajstić information content (AvgIpc) is 3.58. The molecule has 0 radical (unpaired) electrons. The summed E-state index contributed by atoms with van der Waals surface area (Å²) in [5, 5.41) is 13.9. The van der Waals surface area contributed by atoms with E-state index in [1.807, 2.05) is 32.0 Å². The predicted molar refractivity (Wildman–Crippen MR) is 134 cm³/mol. The highest BCUT2D eigenvalue weighted by Crippen LogP contribution is 2.41. The van der Waals surface area contributed by atoms with E-state index in [2.05, 4.69) is 10.3 Å². The lowest BCUT2D eigenvalue weighted by atomic mass is 9.81. The van der Waals surface area contributed by atoms with Gasteiger partial charge in [-0.2, -0.15) is 0 Å². The Morgan fingerprint density at radius 3 is 2.47 bits per heavy atom. The number of halogens is 1. The van der Waals surface area contributed by atoms with E-state index in [4.69, 9.17) is 0 Å². The number of rotatable bonds is 4. The van der Waals surface area contributed by atoms with Crippen LogP contribution in [0.1, 0.15) is 48.3 Å². The van der Waals surface area contributed by atoms with E-state index in [-0.39, 0.29) is 29.8 Å². The number of aliphatic carboxylic acids is 1. The van der Waals surface area contributed by atoms with Crippen LogP contribution >= 0.6 is 0 Å². The molecule has 9 heteroatoms. The highest BCUT2D eigenvalue weighted by molar-refractivity contribution is 6.17. The Morgan fingerprint density at radius 2 is 1.83 bits per heavy atom. The summed E-state index contributed by atoms with van der Waals surface area (Å²) in [6.45, 7) is 4.11. The normalized spacial score (nSPS) is 16.7. The number of hydrogen-bond acceptors (Lipinski definition) is 3. The second-order valence-electron chi connectivity index (χ2n) is 10.1. The van der Waals surface area contributed by atoms with Crippen LogP contribution in [0.4, 0.5) is 14.9 Å². The number of fused-ring (bicyclic) bond motifs is 3. The molecule has 1 saturated carbocycles. The fourth-order valence-corrected chi connectivity index (χ4v) is 4.74. The van der Waals surface area contributed by atoms with E-state index in [1.54, 1.807) is 7.05 Å². The van der Waals surface area contributed by atoms with Crippen LogP contribution in [0.2, 0.25) is 0 Å². The van der Waals surface area contributed by atoms with Crippen molar-refractivity contribution in [3.63, 3.8) is 0 Å². The average molecular weight is 491 g/mol. The molecule has 0 bridgehead atoms. The number of benzene rings is 2. The van der Waals surface area contributed by atoms with Crippen LogP contribution in [0.3, 0.4) is 0 Å². The van der Waals surface area contributed by atoms with Crippen LogP contribution in [0.5, 0.6) is 0 Å². The fourth-order valence-electron chi connectivity index (χ4n) is 4.74. The van der Waals surface area contributed by atoms with Gasteiger partial charge in [0.1, 0.15) is 5.82 Å². The Balaban J connectivity index is 1.57. The molecule has 0 atom stereocenters. The number of H-pyrrole nitrogens is 1. The molecule has 0 saturated heterocycles. The zero-order chi connectivity index (χ0) is 25.8. The topological polar surface area (TPSA) is 106 Å².